The summed E-state index contributed by atoms with van der Waals surface area (Å²) in [6.45, 7) is 1.30. The first-order chi connectivity index (χ1) is 14.5. The normalized spacial score (nSPS) is 14.3. The third-order valence-electron chi connectivity index (χ3n) is 5.37. The number of aryl methyl sites for hydroxylation is 1. The summed E-state index contributed by atoms with van der Waals surface area (Å²) in [5.74, 6) is 1.10. The lowest BCUT2D eigenvalue weighted by Crippen LogP contribution is -2.46. The van der Waals surface area contributed by atoms with E-state index in [-0.39, 0.29) is 17.9 Å². The van der Waals surface area contributed by atoms with Crippen molar-refractivity contribution in [2.45, 2.75) is 31.7 Å². The van der Waals surface area contributed by atoms with Gasteiger partial charge in [0.15, 0.2) is 11.5 Å². The number of nitrogens with one attached hydrogen (secondary N) is 1. The fraction of sp³-hybridized carbons (Fsp3) is 0.391. The summed E-state index contributed by atoms with van der Waals surface area (Å²) in [5, 5.41) is 3.76. The van der Waals surface area contributed by atoms with Crippen LogP contribution in [0.5, 0.6) is 11.5 Å². The van der Waals surface area contributed by atoms with Crippen LogP contribution >= 0.6 is 11.6 Å². The molecule has 1 fully saturated rings. The predicted octanol–water partition coefficient (Wildman–Crippen LogP) is 3.71. The van der Waals surface area contributed by atoms with Crippen LogP contribution < -0.4 is 14.8 Å². The van der Waals surface area contributed by atoms with Crippen molar-refractivity contribution < 1.29 is 19.1 Å². The minimum atomic E-state index is -0.150. The average molecular weight is 431 g/mol. The standard InChI is InChI=1S/C23H27ClN2O4/c1-29-20-9-6-17(15-21(20)30-2)23(28)25-19-11-13-26(14-12-19)22(27)10-5-16-3-7-18(24)8-4-16/h3-4,6-9,15,19H,5,10-14H2,1-2H3,(H,25,28). The molecule has 2 aromatic rings. The molecule has 1 saturated heterocycles. The number of hydrogen-bond acceptors (Lipinski definition) is 4. The summed E-state index contributed by atoms with van der Waals surface area (Å²) < 4.78 is 10.5. The van der Waals surface area contributed by atoms with Gasteiger partial charge in [0.2, 0.25) is 5.91 Å². The zero-order chi connectivity index (χ0) is 21.5. The Morgan fingerprint density at radius 3 is 2.33 bits per heavy atom. The summed E-state index contributed by atoms with van der Waals surface area (Å²) in [6, 6.07) is 12.7. The van der Waals surface area contributed by atoms with Crippen molar-refractivity contribution in [2.75, 3.05) is 27.3 Å². The minimum absolute atomic E-state index is 0.0471. The molecule has 6 nitrogen and oxygen atoms in total. The van der Waals surface area contributed by atoms with E-state index >= 15 is 0 Å². The highest BCUT2D eigenvalue weighted by molar-refractivity contribution is 6.30. The molecular formula is C23H27ClN2O4. The van der Waals surface area contributed by atoms with E-state index in [1.807, 2.05) is 29.2 Å². The van der Waals surface area contributed by atoms with Gasteiger partial charge in [0.25, 0.3) is 5.91 Å². The molecule has 1 aliphatic heterocycles. The Hall–Kier alpha value is -2.73. The molecule has 2 amide bonds. The van der Waals surface area contributed by atoms with Gasteiger partial charge in [-0.1, -0.05) is 23.7 Å². The van der Waals surface area contributed by atoms with E-state index in [1.54, 1.807) is 32.4 Å². The van der Waals surface area contributed by atoms with Gasteiger partial charge in [-0.3, -0.25) is 9.59 Å². The molecule has 30 heavy (non-hydrogen) atoms. The average Bonchev–Trinajstić information content (AvgIpc) is 2.78. The second-order valence-electron chi connectivity index (χ2n) is 7.32. The lowest BCUT2D eigenvalue weighted by molar-refractivity contribution is -0.132. The van der Waals surface area contributed by atoms with E-state index in [0.29, 0.717) is 48.0 Å². The molecule has 7 heteroatoms. The van der Waals surface area contributed by atoms with Crippen molar-refractivity contribution in [3.05, 3.63) is 58.6 Å². The molecule has 0 radical (unpaired) electrons. The largest absolute Gasteiger partial charge is 0.493 e. The van der Waals surface area contributed by atoms with Crippen molar-refractivity contribution in [1.29, 1.82) is 0 Å². The highest BCUT2D eigenvalue weighted by atomic mass is 35.5. The molecule has 0 bridgehead atoms. The van der Waals surface area contributed by atoms with Crippen molar-refractivity contribution in [1.82, 2.24) is 10.2 Å². The zero-order valence-electron chi connectivity index (χ0n) is 17.3. The maximum Gasteiger partial charge on any atom is 0.251 e. The molecule has 1 N–H and O–H groups in total. The summed E-state index contributed by atoms with van der Waals surface area (Å²) in [6.07, 6.45) is 2.66. The number of methoxy groups -OCH3 is 2. The number of likely N-dealkylation sites (tertiary alicyclic amines) is 1. The van der Waals surface area contributed by atoms with Gasteiger partial charge in [0.1, 0.15) is 0 Å². The number of rotatable bonds is 7. The molecule has 0 atom stereocenters. The maximum absolute atomic E-state index is 12.6. The van der Waals surface area contributed by atoms with E-state index in [9.17, 15) is 9.59 Å². The van der Waals surface area contributed by atoms with E-state index in [1.165, 1.54) is 0 Å². The third kappa shape index (κ3) is 5.66. The minimum Gasteiger partial charge on any atom is -0.493 e. The molecule has 0 aromatic heterocycles. The van der Waals surface area contributed by atoms with Crippen LogP contribution in [0.4, 0.5) is 0 Å². The van der Waals surface area contributed by atoms with Gasteiger partial charge in [-0.15, -0.1) is 0 Å². The number of piperidine rings is 1. The Bertz CT molecular complexity index is 877. The maximum atomic E-state index is 12.6. The molecule has 0 saturated carbocycles. The Morgan fingerprint density at radius 1 is 1.03 bits per heavy atom. The first-order valence-corrected chi connectivity index (χ1v) is 10.4. The van der Waals surface area contributed by atoms with Gasteiger partial charge < -0.3 is 19.7 Å². The third-order valence-corrected chi connectivity index (χ3v) is 5.62. The monoisotopic (exact) mass is 430 g/mol. The molecule has 0 spiro atoms. The number of amides is 2. The van der Waals surface area contributed by atoms with Gasteiger partial charge in [0, 0.05) is 36.1 Å². The van der Waals surface area contributed by atoms with Crippen molar-refractivity contribution in [3.63, 3.8) is 0 Å². The Morgan fingerprint density at radius 2 is 1.70 bits per heavy atom. The fourth-order valence-electron chi connectivity index (χ4n) is 3.58. The van der Waals surface area contributed by atoms with Crippen molar-refractivity contribution >= 4 is 23.4 Å². The molecule has 2 aromatic carbocycles. The fourth-order valence-corrected chi connectivity index (χ4v) is 3.71. The SMILES string of the molecule is COc1ccc(C(=O)NC2CCN(C(=O)CCc3ccc(Cl)cc3)CC2)cc1OC. The second kappa shape index (κ2) is 10.3. The van der Waals surface area contributed by atoms with Gasteiger partial charge in [-0.05, 0) is 55.2 Å². The van der Waals surface area contributed by atoms with E-state index < -0.39 is 0 Å². The summed E-state index contributed by atoms with van der Waals surface area (Å²) in [7, 11) is 3.10. The smallest absolute Gasteiger partial charge is 0.251 e. The van der Waals surface area contributed by atoms with Gasteiger partial charge in [-0.25, -0.2) is 0 Å². The zero-order valence-corrected chi connectivity index (χ0v) is 18.1. The van der Waals surface area contributed by atoms with Crippen LogP contribution in [-0.2, 0) is 11.2 Å². The van der Waals surface area contributed by atoms with Crippen LogP contribution in [-0.4, -0.2) is 50.1 Å². The number of carbonyl (C=O) groups excluding carboxylic acids is 2. The Balaban J connectivity index is 1.46. The highest BCUT2D eigenvalue weighted by Gasteiger charge is 2.24. The molecule has 0 unspecified atom stereocenters. The quantitative estimate of drug-likeness (QED) is 0.727. The Kier molecular flexibility index (Phi) is 7.57. The number of carbonyl (C=O) groups is 2. The number of hydrogen-bond donors (Lipinski definition) is 1. The van der Waals surface area contributed by atoms with Crippen LogP contribution in [0, 0.1) is 0 Å². The first-order valence-electron chi connectivity index (χ1n) is 10.0. The molecule has 160 valence electrons. The Labute approximate surface area is 182 Å². The van der Waals surface area contributed by atoms with Gasteiger partial charge in [-0.2, -0.15) is 0 Å². The van der Waals surface area contributed by atoms with Gasteiger partial charge >= 0.3 is 0 Å². The number of benzene rings is 2. The van der Waals surface area contributed by atoms with Crippen LogP contribution in [0.1, 0.15) is 35.2 Å². The van der Waals surface area contributed by atoms with Crippen LogP contribution in [0.2, 0.25) is 5.02 Å². The topological polar surface area (TPSA) is 67.9 Å². The van der Waals surface area contributed by atoms with Crippen LogP contribution in [0.15, 0.2) is 42.5 Å². The number of nitrogens with zero attached hydrogens (tertiary/aromatic N) is 1. The summed E-state index contributed by atoms with van der Waals surface area (Å²) in [4.78, 5) is 27.0. The molecule has 0 aliphatic carbocycles. The summed E-state index contributed by atoms with van der Waals surface area (Å²) >= 11 is 5.90. The molecule has 3 rings (SSSR count). The van der Waals surface area contributed by atoms with E-state index in [0.717, 1.165) is 18.4 Å². The lowest BCUT2D eigenvalue weighted by atomic mass is 10.0. The molecule has 1 aliphatic rings. The van der Waals surface area contributed by atoms with E-state index in [4.69, 9.17) is 21.1 Å². The molecule has 1 heterocycles. The van der Waals surface area contributed by atoms with E-state index in [2.05, 4.69) is 5.32 Å². The predicted molar refractivity (Wildman–Crippen MR) is 116 cm³/mol. The van der Waals surface area contributed by atoms with Crippen LogP contribution in [0.3, 0.4) is 0 Å². The number of halogens is 1. The van der Waals surface area contributed by atoms with Crippen LogP contribution in [0.25, 0.3) is 0 Å². The highest BCUT2D eigenvalue weighted by Crippen LogP contribution is 2.27. The second-order valence-corrected chi connectivity index (χ2v) is 7.76. The number of ether oxygens (including phenoxy) is 2. The lowest BCUT2D eigenvalue weighted by Gasteiger charge is -2.32. The first kappa shape index (κ1) is 22.0. The van der Waals surface area contributed by atoms with Crippen molar-refractivity contribution in [2.24, 2.45) is 0 Å². The summed E-state index contributed by atoms with van der Waals surface area (Å²) in [5.41, 5.74) is 1.62. The molecular weight excluding hydrogens is 404 g/mol. The van der Waals surface area contributed by atoms with Crippen molar-refractivity contribution in [3.8, 4) is 11.5 Å². The van der Waals surface area contributed by atoms with Gasteiger partial charge in [0.05, 0.1) is 14.2 Å².